The van der Waals surface area contributed by atoms with E-state index in [0.29, 0.717) is 11.9 Å². The van der Waals surface area contributed by atoms with Crippen molar-refractivity contribution in [3.8, 4) is 5.75 Å². The van der Waals surface area contributed by atoms with Gasteiger partial charge in [-0.25, -0.2) is 23.5 Å². The van der Waals surface area contributed by atoms with Crippen molar-refractivity contribution >= 4 is 16.0 Å². The number of hydrogen-bond acceptors (Lipinski definition) is 6. The van der Waals surface area contributed by atoms with E-state index in [1.165, 1.54) is 12.4 Å². The molecule has 0 radical (unpaired) electrons. The maximum absolute atomic E-state index is 11.2. The number of nitrogens with zero attached hydrogens (tertiary/aromatic N) is 3. The summed E-state index contributed by atoms with van der Waals surface area (Å²) in [7, 11) is -3.78. The molecular formula is C15H18N4O3S. The van der Waals surface area contributed by atoms with E-state index in [-0.39, 0.29) is 10.6 Å². The van der Waals surface area contributed by atoms with E-state index in [1.807, 2.05) is 17.0 Å². The molecule has 0 saturated carbocycles. The Morgan fingerprint density at radius 2 is 1.83 bits per heavy atom. The van der Waals surface area contributed by atoms with E-state index in [0.717, 1.165) is 31.5 Å². The molecular weight excluding hydrogens is 316 g/mol. The third-order valence-corrected chi connectivity index (χ3v) is 4.88. The van der Waals surface area contributed by atoms with Gasteiger partial charge in [0.15, 0.2) is 0 Å². The fraction of sp³-hybridized carbons (Fsp3) is 0.333. The van der Waals surface area contributed by atoms with Crippen molar-refractivity contribution in [2.45, 2.75) is 23.7 Å². The Bertz CT molecular complexity index is 775. The van der Waals surface area contributed by atoms with Crippen LogP contribution in [0, 0.1) is 0 Å². The lowest BCUT2D eigenvalue weighted by Crippen LogP contribution is -2.35. The molecule has 2 heterocycles. The summed E-state index contributed by atoms with van der Waals surface area (Å²) in [6, 6.07) is 7.22. The molecule has 3 N–H and O–H groups in total. The second kappa shape index (κ2) is 6.13. The number of aromatic hydroxyl groups is 1. The first kappa shape index (κ1) is 15.7. The third-order valence-electron chi connectivity index (χ3n) is 4.01. The normalized spacial score (nSPS) is 18.8. The summed E-state index contributed by atoms with van der Waals surface area (Å²) in [5.41, 5.74) is 1.16. The third kappa shape index (κ3) is 3.59. The summed E-state index contributed by atoms with van der Waals surface area (Å²) in [4.78, 5) is 10.2. The van der Waals surface area contributed by atoms with Crippen LogP contribution in [0.25, 0.3) is 0 Å². The average molecular weight is 334 g/mol. The van der Waals surface area contributed by atoms with Crippen molar-refractivity contribution in [2.75, 3.05) is 18.0 Å². The molecule has 1 unspecified atom stereocenters. The molecule has 7 nitrogen and oxygen atoms in total. The maximum atomic E-state index is 11.2. The molecule has 2 aromatic rings. The summed E-state index contributed by atoms with van der Waals surface area (Å²) in [5.74, 6) is 1.08. The van der Waals surface area contributed by atoms with Gasteiger partial charge in [0.25, 0.3) is 0 Å². The van der Waals surface area contributed by atoms with Gasteiger partial charge in [-0.05, 0) is 30.5 Å². The first-order valence-corrected chi connectivity index (χ1v) is 8.87. The Morgan fingerprint density at radius 1 is 1.17 bits per heavy atom. The number of phenols is 1. The number of phenolic OH excluding ortho intramolecular Hbond substituents is 1. The largest absolute Gasteiger partial charge is 0.508 e. The van der Waals surface area contributed by atoms with Crippen LogP contribution in [0.4, 0.5) is 5.95 Å². The molecule has 1 aliphatic heterocycles. The van der Waals surface area contributed by atoms with Gasteiger partial charge in [0.05, 0.1) is 12.4 Å². The zero-order valence-corrected chi connectivity index (χ0v) is 13.3. The molecule has 0 spiro atoms. The van der Waals surface area contributed by atoms with E-state index < -0.39 is 10.0 Å². The van der Waals surface area contributed by atoms with Gasteiger partial charge < -0.3 is 10.0 Å². The lowest BCUT2D eigenvalue weighted by atomic mass is 9.91. The average Bonchev–Trinajstić information content (AvgIpc) is 2.55. The minimum atomic E-state index is -3.78. The number of primary sulfonamides is 1. The smallest absolute Gasteiger partial charge is 0.241 e. The van der Waals surface area contributed by atoms with E-state index in [1.54, 1.807) is 12.1 Å². The Hall–Kier alpha value is -2.19. The number of rotatable bonds is 3. The second-order valence-electron chi connectivity index (χ2n) is 5.64. The molecule has 1 aliphatic rings. The molecule has 8 heteroatoms. The van der Waals surface area contributed by atoms with Crippen LogP contribution in [0.1, 0.15) is 24.3 Å². The number of piperidine rings is 1. The van der Waals surface area contributed by atoms with E-state index in [9.17, 15) is 13.5 Å². The number of aromatic nitrogens is 2. The number of sulfonamides is 1. The molecule has 0 aliphatic carbocycles. The number of benzene rings is 1. The van der Waals surface area contributed by atoms with Gasteiger partial charge in [0.2, 0.25) is 16.0 Å². The number of anilines is 1. The Labute approximate surface area is 134 Å². The highest BCUT2D eigenvalue weighted by atomic mass is 32.2. The highest BCUT2D eigenvalue weighted by molar-refractivity contribution is 7.89. The van der Waals surface area contributed by atoms with Gasteiger partial charge in [-0.15, -0.1) is 0 Å². The molecule has 1 aromatic heterocycles. The summed E-state index contributed by atoms with van der Waals surface area (Å²) >= 11 is 0. The molecule has 1 fully saturated rings. The zero-order chi connectivity index (χ0) is 16.4. The van der Waals surface area contributed by atoms with Crippen LogP contribution < -0.4 is 10.0 Å². The predicted octanol–water partition coefficient (Wildman–Crippen LogP) is 1.21. The van der Waals surface area contributed by atoms with Crippen molar-refractivity contribution in [1.82, 2.24) is 9.97 Å². The molecule has 1 aromatic carbocycles. The number of hydrogen-bond donors (Lipinski definition) is 2. The fourth-order valence-electron chi connectivity index (χ4n) is 2.80. The molecule has 122 valence electrons. The van der Waals surface area contributed by atoms with Crippen LogP contribution in [0.2, 0.25) is 0 Å². The fourth-order valence-corrected chi connectivity index (χ4v) is 3.20. The quantitative estimate of drug-likeness (QED) is 0.873. The lowest BCUT2D eigenvalue weighted by molar-refractivity contribution is 0.473. The highest BCUT2D eigenvalue weighted by Crippen LogP contribution is 2.29. The van der Waals surface area contributed by atoms with Gasteiger partial charge in [-0.3, -0.25) is 0 Å². The van der Waals surface area contributed by atoms with Crippen molar-refractivity contribution in [2.24, 2.45) is 5.14 Å². The first-order chi connectivity index (χ1) is 10.9. The van der Waals surface area contributed by atoms with Crippen molar-refractivity contribution < 1.29 is 13.5 Å². The standard InChI is InChI=1S/C15H18N4O3S/c16-23(21,22)14-8-17-15(18-9-14)19-7-1-2-12(10-19)11-3-5-13(20)6-4-11/h3-6,8-9,12,20H,1-2,7,10H2,(H2,16,21,22). The van der Waals surface area contributed by atoms with Gasteiger partial charge in [0.1, 0.15) is 10.6 Å². The first-order valence-electron chi connectivity index (χ1n) is 7.32. The topological polar surface area (TPSA) is 109 Å². The summed E-state index contributed by atoms with van der Waals surface area (Å²) in [6.07, 6.45) is 4.52. The minimum Gasteiger partial charge on any atom is -0.508 e. The van der Waals surface area contributed by atoms with Gasteiger partial charge in [-0.1, -0.05) is 12.1 Å². The van der Waals surface area contributed by atoms with Crippen molar-refractivity contribution in [3.05, 3.63) is 42.2 Å². The minimum absolute atomic E-state index is 0.0895. The van der Waals surface area contributed by atoms with Gasteiger partial charge in [0, 0.05) is 19.0 Å². The summed E-state index contributed by atoms with van der Waals surface area (Å²) in [5, 5.41) is 14.4. The van der Waals surface area contributed by atoms with Crippen LogP contribution in [0.5, 0.6) is 5.75 Å². The Balaban J connectivity index is 1.77. The van der Waals surface area contributed by atoms with Gasteiger partial charge in [-0.2, -0.15) is 0 Å². The molecule has 0 amide bonds. The van der Waals surface area contributed by atoms with Crippen LogP contribution >= 0.6 is 0 Å². The predicted molar refractivity (Wildman–Crippen MR) is 85.7 cm³/mol. The lowest BCUT2D eigenvalue weighted by Gasteiger charge is -2.33. The second-order valence-corrected chi connectivity index (χ2v) is 7.20. The van der Waals surface area contributed by atoms with Crippen LogP contribution in [-0.2, 0) is 10.0 Å². The monoisotopic (exact) mass is 334 g/mol. The Kier molecular flexibility index (Phi) is 4.18. The number of nitrogens with two attached hydrogens (primary N) is 1. The van der Waals surface area contributed by atoms with Crippen molar-refractivity contribution in [1.29, 1.82) is 0 Å². The molecule has 1 atom stereocenters. The van der Waals surface area contributed by atoms with Crippen molar-refractivity contribution in [3.63, 3.8) is 0 Å². The molecule has 23 heavy (non-hydrogen) atoms. The van der Waals surface area contributed by atoms with Gasteiger partial charge >= 0.3 is 0 Å². The molecule has 3 rings (SSSR count). The highest BCUT2D eigenvalue weighted by Gasteiger charge is 2.23. The van der Waals surface area contributed by atoms with Crippen LogP contribution in [0.3, 0.4) is 0 Å². The maximum Gasteiger partial charge on any atom is 0.241 e. The molecule has 0 bridgehead atoms. The van der Waals surface area contributed by atoms with E-state index in [4.69, 9.17) is 5.14 Å². The summed E-state index contributed by atoms with van der Waals surface area (Å²) < 4.78 is 22.5. The SMILES string of the molecule is NS(=O)(=O)c1cnc(N2CCCC(c3ccc(O)cc3)C2)nc1. The van der Waals surface area contributed by atoms with E-state index in [2.05, 4.69) is 9.97 Å². The van der Waals surface area contributed by atoms with Crippen LogP contribution in [0.15, 0.2) is 41.6 Å². The van der Waals surface area contributed by atoms with Crippen LogP contribution in [-0.4, -0.2) is 36.6 Å². The Morgan fingerprint density at radius 3 is 2.43 bits per heavy atom. The molecule has 1 saturated heterocycles. The summed E-state index contributed by atoms with van der Waals surface area (Å²) in [6.45, 7) is 1.57. The van der Waals surface area contributed by atoms with E-state index >= 15 is 0 Å². The zero-order valence-electron chi connectivity index (χ0n) is 12.5.